The second-order valence-corrected chi connectivity index (χ2v) is 10.3. The first kappa shape index (κ1) is 25.8. The van der Waals surface area contributed by atoms with E-state index >= 15 is 0 Å². The fourth-order valence-corrected chi connectivity index (χ4v) is 5.50. The number of hydrogen-bond acceptors (Lipinski definition) is 7. The number of nitrogens with zero attached hydrogens (tertiary/aromatic N) is 6. The lowest BCUT2D eigenvalue weighted by molar-refractivity contribution is -0.141. The maximum Gasteiger partial charge on any atom is 0.433 e. The van der Waals surface area contributed by atoms with E-state index in [1.165, 1.54) is 0 Å². The zero-order valence-electron chi connectivity index (χ0n) is 21.7. The number of piperidine rings is 1. The van der Waals surface area contributed by atoms with Gasteiger partial charge in [-0.25, -0.2) is 15.0 Å². The van der Waals surface area contributed by atoms with Gasteiger partial charge < -0.3 is 15.0 Å². The lowest BCUT2D eigenvalue weighted by atomic mass is 9.84. The van der Waals surface area contributed by atoms with Crippen LogP contribution < -0.4 is 10.1 Å². The smallest absolute Gasteiger partial charge is 0.433 e. The van der Waals surface area contributed by atoms with Crippen molar-refractivity contribution in [3.05, 3.63) is 54.4 Å². The van der Waals surface area contributed by atoms with Crippen LogP contribution in [-0.4, -0.2) is 66.4 Å². The predicted octanol–water partition coefficient (Wildman–Crippen LogP) is 4.59. The summed E-state index contributed by atoms with van der Waals surface area (Å²) in [6, 6.07) is 5.48. The molecule has 206 valence electrons. The van der Waals surface area contributed by atoms with Crippen molar-refractivity contribution in [2.24, 2.45) is 0 Å². The Morgan fingerprint density at radius 2 is 1.95 bits per heavy atom. The van der Waals surface area contributed by atoms with Gasteiger partial charge in [-0.2, -0.15) is 18.3 Å². The van der Waals surface area contributed by atoms with Crippen LogP contribution in [0, 0.1) is 0 Å². The van der Waals surface area contributed by atoms with Crippen molar-refractivity contribution >= 4 is 11.0 Å². The van der Waals surface area contributed by atoms with Crippen LogP contribution in [0.25, 0.3) is 22.3 Å². The number of aromatic amines is 1. The number of halogens is 3. The molecule has 0 aromatic carbocycles. The minimum absolute atomic E-state index is 0.0509. The van der Waals surface area contributed by atoms with Crippen LogP contribution in [0.1, 0.15) is 49.9 Å². The lowest BCUT2D eigenvalue weighted by Crippen LogP contribution is -2.50. The molecule has 2 fully saturated rings. The molecule has 5 heterocycles. The van der Waals surface area contributed by atoms with Gasteiger partial charge in [0, 0.05) is 55.1 Å². The fourth-order valence-electron chi connectivity index (χ4n) is 5.50. The summed E-state index contributed by atoms with van der Waals surface area (Å²) in [4.78, 5) is 18.1. The van der Waals surface area contributed by atoms with Crippen molar-refractivity contribution in [3.8, 4) is 17.1 Å². The second kappa shape index (κ2) is 10.6. The third-order valence-electron chi connectivity index (χ3n) is 7.70. The first-order valence-corrected chi connectivity index (χ1v) is 13.4. The summed E-state index contributed by atoms with van der Waals surface area (Å²) in [5.41, 5.74) is 2.26. The number of aromatic nitrogens is 6. The minimum Gasteiger partial charge on any atom is -0.474 e. The van der Waals surface area contributed by atoms with Gasteiger partial charge in [-0.1, -0.05) is 6.92 Å². The first-order valence-electron chi connectivity index (χ1n) is 13.4. The summed E-state index contributed by atoms with van der Waals surface area (Å²) in [5.74, 6) is 0.0509. The van der Waals surface area contributed by atoms with E-state index in [-0.39, 0.29) is 12.0 Å². The third kappa shape index (κ3) is 5.48. The molecule has 0 bridgehead atoms. The SMILES string of the molecule is CCNCc1cc(OC2CCN(C3CC(n4cc(-c5ncnc6[nH]ccc56)cn4)C3)CC2)nc(C(F)(F)F)c1. The van der Waals surface area contributed by atoms with Crippen molar-refractivity contribution in [2.75, 3.05) is 19.6 Å². The Balaban J connectivity index is 1.02. The molecule has 0 radical (unpaired) electrons. The normalized spacial score (nSPS) is 20.8. The van der Waals surface area contributed by atoms with E-state index in [2.05, 4.69) is 41.4 Å². The molecule has 4 aromatic rings. The van der Waals surface area contributed by atoms with Crippen LogP contribution >= 0.6 is 0 Å². The van der Waals surface area contributed by atoms with Crippen LogP contribution in [0.15, 0.2) is 43.1 Å². The number of pyridine rings is 1. The number of fused-ring (bicyclic) bond motifs is 1. The van der Waals surface area contributed by atoms with E-state index in [9.17, 15) is 13.2 Å². The Kier molecular flexibility index (Phi) is 6.98. The topological polar surface area (TPSA) is 96.8 Å². The highest BCUT2D eigenvalue weighted by molar-refractivity contribution is 5.89. The fraction of sp³-hybridized carbons (Fsp3) is 0.481. The van der Waals surface area contributed by atoms with Gasteiger partial charge in [0.2, 0.25) is 5.88 Å². The van der Waals surface area contributed by atoms with Gasteiger partial charge in [-0.3, -0.25) is 9.58 Å². The highest BCUT2D eigenvalue weighted by Crippen LogP contribution is 2.38. The molecule has 2 aliphatic rings. The standard InChI is InChI=1S/C27H31F3N8O/c1-2-31-13-17-9-23(27(28,29)30)36-24(10-17)39-21-4-7-37(8-5-21)19-11-20(12-19)38-15-18(14-35-38)25-22-3-6-32-26(22)34-16-33-25/h3,6,9-10,14-16,19-21,31H,2,4-5,7-8,11-13H2,1H3,(H,32,33,34). The molecule has 1 saturated heterocycles. The molecule has 12 heteroatoms. The number of rotatable bonds is 8. The van der Waals surface area contributed by atoms with E-state index < -0.39 is 11.9 Å². The van der Waals surface area contributed by atoms with Gasteiger partial charge in [0.05, 0.1) is 17.9 Å². The molecule has 0 unspecified atom stereocenters. The number of hydrogen-bond donors (Lipinski definition) is 2. The van der Waals surface area contributed by atoms with E-state index in [1.807, 2.05) is 30.1 Å². The van der Waals surface area contributed by atoms with Crippen molar-refractivity contribution in [1.29, 1.82) is 0 Å². The van der Waals surface area contributed by atoms with Gasteiger partial charge in [-0.05, 0) is 49.9 Å². The van der Waals surface area contributed by atoms with Gasteiger partial charge in [-0.15, -0.1) is 0 Å². The monoisotopic (exact) mass is 540 g/mol. The highest BCUT2D eigenvalue weighted by Gasteiger charge is 2.38. The quantitative estimate of drug-likeness (QED) is 0.337. The Morgan fingerprint density at radius 1 is 1.13 bits per heavy atom. The maximum absolute atomic E-state index is 13.4. The van der Waals surface area contributed by atoms with Crippen LogP contribution in [0.5, 0.6) is 5.88 Å². The van der Waals surface area contributed by atoms with E-state index in [4.69, 9.17) is 4.74 Å². The molecule has 0 amide bonds. The lowest BCUT2D eigenvalue weighted by Gasteiger charge is -2.45. The number of alkyl halides is 3. The number of nitrogens with one attached hydrogen (secondary N) is 2. The predicted molar refractivity (Wildman–Crippen MR) is 139 cm³/mol. The van der Waals surface area contributed by atoms with E-state index in [0.29, 0.717) is 30.7 Å². The summed E-state index contributed by atoms with van der Waals surface area (Å²) in [7, 11) is 0. The zero-order chi connectivity index (χ0) is 27.0. The Bertz CT molecular complexity index is 1420. The second-order valence-electron chi connectivity index (χ2n) is 10.3. The van der Waals surface area contributed by atoms with E-state index in [0.717, 1.165) is 67.1 Å². The van der Waals surface area contributed by atoms with Crippen molar-refractivity contribution in [3.63, 3.8) is 0 Å². The molecule has 1 aliphatic heterocycles. The Hall–Kier alpha value is -3.51. The molecular formula is C27H31F3N8O. The number of H-pyrrole nitrogens is 1. The molecule has 0 atom stereocenters. The van der Waals surface area contributed by atoms with Crippen LogP contribution in [-0.2, 0) is 12.7 Å². The minimum atomic E-state index is -4.51. The van der Waals surface area contributed by atoms with Gasteiger partial charge in [0.1, 0.15) is 23.8 Å². The summed E-state index contributed by atoms with van der Waals surface area (Å²) < 4.78 is 48.1. The first-order chi connectivity index (χ1) is 18.9. The Labute approximate surface area is 223 Å². The van der Waals surface area contributed by atoms with Crippen LogP contribution in [0.2, 0.25) is 0 Å². The summed E-state index contributed by atoms with van der Waals surface area (Å²) in [5, 5.41) is 8.65. The van der Waals surface area contributed by atoms with Gasteiger partial charge in [0.15, 0.2) is 0 Å². The average Bonchev–Trinajstić information content (AvgIpc) is 3.57. The zero-order valence-corrected chi connectivity index (χ0v) is 21.7. The van der Waals surface area contributed by atoms with E-state index in [1.54, 1.807) is 12.4 Å². The van der Waals surface area contributed by atoms with Crippen molar-refractivity contribution < 1.29 is 17.9 Å². The van der Waals surface area contributed by atoms with Crippen molar-refractivity contribution in [2.45, 2.75) is 63.5 Å². The van der Waals surface area contributed by atoms with Crippen LogP contribution in [0.4, 0.5) is 13.2 Å². The van der Waals surface area contributed by atoms with Crippen LogP contribution in [0.3, 0.4) is 0 Å². The molecule has 4 aromatic heterocycles. The molecule has 1 saturated carbocycles. The average molecular weight is 541 g/mol. The van der Waals surface area contributed by atoms with Gasteiger partial charge in [0.25, 0.3) is 0 Å². The molecule has 9 nitrogen and oxygen atoms in total. The molecule has 39 heavy (non-hydrogen) atoms. The molecule has 6 rings (SSSR count). The molecule has 2 N–H and O–H groups in total. The number of ether oxygens (including phenoxy) is 1. The third-order valence-corrected chi connectivity index (χ3v) is 7.70. The molecule has 1 aliphatic carbocycles. The summed E-state index contributed by atoms with van der Waals surface area (Å²) in [6.07, 6.45) is 6.22. The largest absolute Gasteiger partial charge is 0.474 e. The highest BCUT2D eigenvalue weighted by atomic mass is 19.4. The summed E-state index contributed by atoms with van der Waals surface area (Å²) >= 11 is 0. The molecular weight excluding hydrogens is 509 g/mol. The summed E-state index contributed by atoms with van der Waals surface area (Å²) in [6.45, 7) is 4.62. The number of likely N-dealkylation sites (tertiary alicyclic amines) is 1. The Morgan fingerprint density at radius 3 is 2.72 bits per heavy atom. The van der Waals surface area contributed by atoms with Crippen molar-refractivity contribution in [1.82, 2.24) is 39.9 Å². The molecule has 0 spiro atoms. The van der Waals surface area contributed by atoms with Gasteiger partial charge >= 0.3 is 6.18 Å². The maximum atomic E-state index is 13.4.